The van der Waals surface area contributed by atoms with E-state index in [1.165, 1.54) is 23.1 Å². The Hall–Kier alpha value is -0.870. The fourth-order valence-electron chi connectivity index (χ4n) is 2.36. The topological polar surface area (TPSA) is 92.3 Å². The molecule has 0 spiro atoms. The van der Waals surface area contributed by atoms with Crippen LogP contribution in [0.1, 0.15) is 20.3 Å². The molecule has 1 aromatic rings. The number of nitrogens with zero attached hydrogens (tertiary/aromatic N) is 3. The van der Waals surface area contributed by atoms with Crippen molar-refractivity contribution < 1.29 is 13.2 Å². The first kappa shape index (κ1) is 17.5. The van der Waals surface area contributed by atoms with E-state index in [1.54, 1.807) is 4.90 Å². The molecule has 1 atom stereocenters. The van der Waals surface area contributed by atoms with Gasteiger partial charge in [0, 0.05) is 19.1 Å². The number of amides is 1. The Morgan fingerprint density at radius 2 is 2.23 bits per heavy atom. The number of aromatic nitrogens is 2. The lowest BCUT2D eigenvalue weighted by molar-refractivity contribution is -0.129. The molecule has 1 fully saturated rings. The number of hydrogen-bond donors (Lipinski definition) is 1. The molecule has 1 aliphatic rings. The maximum absolute atomic E-state index is 12.3. The molecular formula is C12H20N4O3S3. The summed E-state index contributed by atoms with van der Waals surface area (Å²) >= 11 is 2.76. The molecule has 10 heteroatoms. The van der Waals surface area contributed by atoms with Gasteiger partial charge in [0.05, 0.1) is 17.3 Å². The van der Waals surface area contributed by atoms with E-state index in [4.69, 9.17) is 0 Å². The van der Waals surface area contributed by atoms with Gasteiger partial charge in [-0.25, -0.2) is 8.42 Å². The van der Waals surface area contributed by atoms with Crippen LogP contribution in [0.25, 0.3) is 0 Å². The van der Waals surface area contributed by atoms with E-state index in [1.807, 2.05) is 13.8 Å². The highest BCUT2D eigenvalue weighted by atomic mass is 32.2. The third kappa shape index (κ3) is 4.56. The number of rotatable bonds is 7. The maximum atomic E-state index is 12.3. The van der Waals surface area contributed by atoms with Crippen molar-refractivity contribution in [1.82, 2.24) is 15.1 Å². The van der Waals surface area contributed by atoms with Crippen LogP contribution >= 0.6 is 23.1 Å². The van der Waals surface area contributed by atoms with E-state index < -0.39 is 9.84 Å². The Morgan fingerprint density at radius 1 is 1.45 bits per heavy atom. The highest BCUT2D eigenvalue weighted by Gasteiger charge is 2.33. The number of sulfone groups is 1. The summed E-state index contributed by atoms with van der Waals surface area (Å²) < 4.78 is 23.9. The molecule has 1 N–H and O–H groups in total. The second kappa shape index (κ2) is 7.60. The van der Waals surface area contributed by atoms with Crippen molar-refractivity contribution in [3.8, 4) is 0 Å². The predicted molar refractivity (Wildman–Crippen MR) is 89.2 cm³/mol. The van der Waals surface area contributed by atoms with Crippen LogP contribution in [-0.2, 0) is 14.6 Å². The summed E-state index contributed by atoms with van der Waals surface area (Å²) in [4.78, 5) is 14.0. The molecule has 124 valence electrons. The van der Waals surface area contributed by atoms with E-state index in [0.717, 1.165) is 16.0 Å². The quantitative estimate of drug-likeness (QED) is 0.724. The number of nitrogens with one attached hydrogen (secondary N) is 1. The Kier molecular flexibility index (Phi) is 6.04. The van der Waals surface area contributed by atoms with Gasteiger partial charge in [0.25, 0.3) is 0 Å². The van der Waals surface area contributed by atoms with Crippen molar-refractivity contribution in [2.24, 2.45) is 0 Å². The SMILES string of the molecule is CCNc1nnc(SCC(=O)N(CC)[C@@H]2CCS(=O)(=O)C2)s1. The zero-order valence-electron chi connectivity index (χ0n) is 12.6. The van der Waals surface area contributed by atoms with Crippen LogP contribution in [-0.4, -0.2) is 65.8 Å². The Morgan fingerprint density at radius 3 is 2.82 bits per heavy atom. The van der Waals surface area contributed by atoms with Gasteiger partial charge >= 0.3 is 0 Å². The minimum atomic E-state index is -2.98. The first-order valence-electron chi connectivity index (χ1n) is 7.15. The Bertz CT molecular complexity index is 617. The summed E-state index contributed by atoms with van der Waals surface area (Å²) in [5, 5.41) is 11.8. The van der Waals surface area contributed by atoms with Crippen LogP contribution < -0.4 is 5.32 Å². The molecule has 1 aliphatic heterocycles. The second-order valence-electron chi connectivity index (χ2n) is 4.93. The lowest BCUT2D eigenvalue weighted by Crippen LogP contribution is -2.41. The zero-order chi connectivity index (χ0) is 16.2. The van der Waals surface area contributed by atoms with E-state index in [-0.39, 0.29) is 29.2 Å². The summed E-state index contributed by atoms with van der Waals surface area (Å²) in [5.74, 6) is 0.470. The van der Waals surface area contributed by atoms with Crippen LogP contribution in [0, 0.1) is 0 Å². The molecule has 7 nitrogen and oxygen atoms in total. The number of thioether (sulfide) groups is 1. The fourth-order valence-corrected chi connectivity index (χ4v) is 5.79. The zero-order valence-corrected chi connectivity index (χ0v) is 15.1. The largest absolute Gasteiger partial charge is 0.360 e. The third-order valence-corrected chi connectivity index (χ3v) is 7.11. The molecule has 0 unspecified atom stereocenters. The molecule has 0 radical (unpaired) electrons. The van der Waals surface area contributed by atoms with Gasteiger partial charge in [-0.1, -0.05) is 23.1 Å². The molecule has 2 heterocycles. The molecule has 0 bridgehead atoms. The van der Waals surface area contributed by atoms with Gasteiger partial charge in [0.15, 0.2) is 14.2 Å². The number of carbonyl (C=O) groups excluding carboxylic acids is 1. The van der Waals surface area contributed by atoms with E-state index in [9.17, 15) is 13.2 Å². The monoisotopic (exact) mass is 364 g/mol. The highest BCUT2D eigenvalue weighted by molar-refractivity contribution is 8.01. The standard InChI is InChI=1S/C12H20N4O3S3/c1-3-13-11-14-15-12(21-11)20-7-10(17)16(4-2)9-5-6-22(18,19)8-9/h9H,3-8H2,1-2H3,(H,13,14)/t9-/m1/s1. The summed E-state index contributed by atoms with van der Waals surface area (Å²) in [6.45, 7) is 5.16. The second-order valence-corrected chi connectivity index (χ2v) is 9.36. The first-order valence-corrected chi connectivity index (χ1v) is 10.8. The number of carbonyl (C=O) groups is 1. The molecule has 1 amide bonds. The van der Waals surface area contributed by atoms with Crippen LogP contribution in [0.5, 0.6) is 0 Å². The fraction of sp³-hybridized carbons (Fsp3) is 0.750. The molecule has 0 saturated carbocycles. The van der Waals surface area contributed by atoms with Crippen LogP contribution in [0.4, 0.5) is 5.13 Å². The molecule has 2 rings (SSSR count). The number of hydrogen-bond acceptors (Lipinski definition) is 8. The third-order valence-electron chi connectivity index (χ3n) is 3.36. The minimum Gasteiger partial charge on any atom is -0.360 e. The Labute approximate surface area is 138 Å². The highest BCUT2D eigenvalue weighted by Crippen LogP contribution is 2.26. The molecule has 0 aromatic carbocycles. The van der Waals surface area contributed by atoms with Crippen molar-refractivity contribution in [3.05, 3.63) is 0 Å². The molecule has 1 aromatic heterocycles. The molecule has 22 heavy (non-hydrogen) atoms. The van der Waals surface area contributed by atoms with Gasteiger partial charge in [0.2, 0.25) is 11.0 Å². The van der Waals surface area contributed by atoms with Crippen molar-refractivity contribution >= 4 is 44.0 Å². The van der Waals surface area contributed by atoms with Crippen molar-refractivity contribution in [1.29, 1.82) is 0 Å². The average molecular weight is 365 g/mol. The average Bonchev–Trinajstić information content (AvgIpc) is 3.04. The van der Waals surface area contributed by atoms with Crippen molar-refractivity contribution in [2.75, 3.05) is 35.7 Å². The van der Waals surface area contributed by atoms with E-state index in [2.05, 4.69) is 15.5 Å². The van der Waals surface area contributed by atoms with Crippen LogP contribution in [0.3, 0.4) is 0 Å². The smallest absolute Gasteiger partial charge is 0.233 e. The van der Waals surface area contributed by atoms with Gasteiger partial charge in [-0.3, -0.25) is 4.79 Å². The first-order chi connectivity index (χ1) is 10.4. The Balaban J connectivity index is 1.89. The molecule has 1 saturated heterocycles. The molecule has 0 aliphatic carbocycles. The van der Waals surface area contributed by atoms with Crippen molar-refractivity contribution in [2.45, 2.75) is 30.6 Å². The van der Waals surface area contributed by atoms with Gasteiger partial charge < -0.3 is 10.2 Å². The van der Waals surface area contributed by atoms with Crippen molar-refractivity contribution in [3.63, 3.8) is 0 Å². The maximum Gasteiger partial charge on any atom is 0.233 e. The molecular weight excluding hydrogens is 344 g/mol. The van der Waals surface area contributed by atoms with Crippen LogP contribution in [0.2, 0.25) is 0 Å². The summed E-state index contributed by atoms with van der Waals surface area (Å²) in [5.41, 5.74) is 0. The lowest BCUT2D eigenvalue weighted by atomic mass is 10.2. The van der Waals surface area contributed by atoms with Crippen LogP contribution in [0.15, 0.2) is 4.34 Å². The van der Waals surface area contributed by atoms with Gasteiger partial charge in [-0.15, -0.1) is 10.2 Å². The minimum absolute atomic E-state index is 0.0465. The van der Waals surface area contributed by atoms with E-state index in [0.29, 0.717) is 13.0 Å². The predicted octanol–water partition coefficient (Wildman–Crippen LogP) is 1.10. The normalized spacial score (nSPS) is 20.0. The number of anilines is 1. The van der Waals surface area contributed by atoms with Gasteiger partial charge in [-0.05, 0) is 20.3 Å². The van der Waals surface area contributed by atoms with E-state index >= 15 is 0 Å². The summed E-state index contributed by atoms with van der Waals surface area (Å²) in [7, 11) is -2.98. The lowest BCUT2D eigenvalue weighted by Gasteiger charge is -2.26. The van der Waals surface area contributed by atoms with Gasteiger partial charge in [-0.2, -0.15) is 0 Å². The van der Waals surface area contributed by atoms with Gasteiger partial charge in [0.1, 0.15) is 0 Å². The summed E-state index contributed by atoms with van der Waals surface area (Å²) in [6.07, 6.45) is 0.538. The summed E-state index contributed by atoms with van der Waals surface area (Å²) in [6, 6.07) is -0.185.